The van der Waals surface area contributed by atoms with Gasteiger partial charge in [0.1, 0.15) is 5.75 Å². The van der Waals surface area contributed by atoms with Crippen molar-refractivity contribution in [2.75, 3.05) is 20.2 Å². The minimum atomic E-state index is 0.0772. The van der Waals surface area contributed by atoms with Crippen molar-refractivity contribution in [1.82, 2.24) is 10.2 Å². The number of carbonyl (C=O) groups excluding carboxylic acids is 1. The number of hydrogen-bond acceptors (Lipinski definition) is 3. The van der Waals surface area contributed by atoms with Crippen LogP contribution in [0.15, 0.2) is 22.7 Å². The van der Waals surface area contributed by atoms with E-state index >= 15 is 0 Å². The van der Waals surface area contributed by atoms with Crippen molar-refractivity contribution >= 4 is 21.8 Å². The zero-order valence-electron chi connectivity index (χ0n) is 10.1. The van der Waals surface area contributed by atoms with Crippen molar-refractivity contribution in [2.45, 2.75) is 18.5 Å². The highest BCUT2D eigenvalue weighted by Gasteiger charge is 2.40. The predicted octanol–water partition coefficient (Wildman–Crippen LogP) is 1.64. The number of halogens is 1. The molecule has 2 atom stereocenters. The Hall–Kier alpha value is -1.07. The van der Waals surface area contributed by atoms with E-state index in [2.05, 4.69) is 21.2 Å². The summed E-state index contributed by atoms with van der Waals surface area (Å²) in [6.07, 6.45) is 1.07. The van der Waals surface area contributed by atoms with Gasteiger partial charge >= 0.3 is 0 Å². The SMILES string of the molecule is COc1cc(Br)ccc1C(=O)N1CC2CC1CN2. The number of piperazine rings is 1. The molecule has 5 heteroatoms. The number of fused-ring (bicyclic) bond motifs is 2. The number of benzene rings is 1. The van der Waals surface area contributed by atoms with E-state index in [1.54, 1.807) is 7.11 Å². The zero-order valence-corrected chi connectivity index (χ0v) is 11.7. The summed E-state index contributed by atoms with van der Waals surface area (Å²) < 4.78 is 6.21. The minimum absolute atomic E-state index is 0.0772. The van der Waals surface area contributed by atoms with Crippen molar-refractivity contribution in [3.05, 3.63) is 28.2 Å². The molecule has 0 aliphatic carbocycles. The first-order valence-corrected chi connectivity index (χ1v) is 6.86. The van der Waals surface area contributed by atoms with E-state index in [0.29, 0.717) is 23.4 Å². The van der Waals surface area contributed by atoms with E-state index in [9.17, 15) is 4.79 Å². The number of hydrogen-bond donors (Lipinski definition) is 1. The van der Waals surface area contributed by atoms with Crippen LogP contribution < -0.4 is 10.1 Å². The number of nitrogens with zero attached hydrogens (tertiary/aromatic N) is 1. The Morgan fingerprint density at radius 2 is 2.39 bits per heavy atom. The van der Waals surface area contributed by atoms with E-state index < -0.39 is 0 Å². The van der Waals surface area contributed by atoms with Crippen LogP contribution in [-0.4, -0.2) is 43.1 Å². The van der Waals surface area contributed by atoms with Crippen molar-refractivity contribution in [2.24, 2.45) is 0 Å². The highest BCUT2D eigenvalue weighted by Crippen LogP contribution is 2.29. The van der Waals surface area contributed by atoms with Gasteiger partial charge in [-0.3, -0.25) is 4.79 Å². The molecule has 0 spiro atoms. The normalized spacial score (nSPS) is 25.6. The zero-order chi connectivity index (χ0) is 12.7. The second-order valence-electron chi connectivity index (χ2n) is 4.80. The molecule has 2 bridgehead atoms. The van der Waals surface area contributed by atoms with Gasteiger partial charge in [-0.25, -0.2) is 0 Å². The summed E-state index contributed by atoms with van der Waals surface area (Å²) in [6, 6.07) is 6.35. The molecule has 2 unspecified atom stereocenters. The molecule has 0 aromatic heterocycles. The molecule has 2 heterocycles. The van der Waals surface area contributed by atoms with Gasteiger partial charge in [-0.05, 0) is 24.6 Å². The highest BCUT2D eigenvalue weighted by atomic mass is 79.9. The maximum Gasteiger partial charge on any atom is 0.257 e. The van der Waals surface area contributed by atoms with E-state index in [1.165, 1.54) is 0 Å². The van der Waals surface area contributed by atoms with Gasteiger partial charge in [-0.15, -0.1) is 0 Å². The second-order valence-corrected chi connectivity index (χ2v) is 5.71. The molecule has 2 aliphatic heterocycles. The highest BCUT2D eigenvalue weighted by molar-refractivity contribution is 9.10. The lowest BCUT2D eigenvalue weighted by Crippen LogP contribution is -2.46. The third-order valence-electron chi connectivity index (χ3n) is 3.71. The number of nitrogens with one attached hydrogen (secondary N) is 1. The van der Waals surface area contributed by atoms with Crippen LogP contribution in [0.5, 0.6) is 5.75 Å². The first-order chi connectivity index (χ1) is 8.69. The minimum Gasteiger partial charge on any atom is -0.496 e. The number of methoxy groups -OCH3 is 1. The molecule has 3 rings (SSSR count). The Morgan fingerprint density at radius 1 is 1.56 bits per heavy atom. The fourth-order valence-corrected chi connectivity index (χ4v) is 3.15. The molecular weight excluding hydrogens is 296 g/mol. The van der Waals surface area contributed by atoms with Crippen molar-refractivity contribution in [1.29, 1.82) is 0 Å². The summed E-state index contributed by atoms with van der Waals surface area (Å²) in [5.41, 5.74) is 0.647. The van der Waals surface area contributed by atoms with Gasteiger partial charge in [-0.1, -0.05) is 15.9 Å². The molecule has 1 N–H and O–H groups in total. The maximum absolute atomic E-state index is 12.5. The van der Waals surface area contributed by atoms with Crippen LogP contribution in [0, 0.1) is 0 Å². The van der Waals surface area contributed by atoms with Gasteiger partial charge < -0.3 is 15.0 Å². The molecular formula is C13H15BrN2O2. The lowest BCUT2D eigenvalue weighted by molar-refractivity contribution is 0.0712. The van der Waals surface area contributed by atoms with Crippen LogP contribution in [0.3, 0.4) is 0 Å². The number of likely N-dealkylation sites (tertiary alicyclic amines) is 1. The van der Waals surface area contributed by atoms with Crippen LogP contribution in [0.25, 0.3) is 0 Å². The third-order valence-corrected chi connectivity index (χ3v) is 4.20. The predicted molar refractivity (Wildman–Crippen MR) is 71.9 cm³/mol. The molecule has 4 nitrogen and oxygen atoms in total. The second kappa shape index (κ2) is 4.55. The van der Waals surface area contributed by atoms with Crippen LogP contribution in [0.2, 0.25) is 0 Å². The monoisotopic (exact) mass is 310 g/mol. The first kappa shape index (κ1) is 12.0. The molecule has 2 fully saturated rings. The fraction of sp³-hybridized carbons (Fsp3) is 0.462. The van der Waals surface area contributed by atoms with Crippen molar-refractivity contribution in [3.8, 4) is 5.75 Å². The summed E-state index contributed by atoms with van der Waals surface area (Å²) >= 11 is 3.39. The van der Waals surface area contributed by atoms with Gasteiger partial charge in [0.15, 0.2) is 0 Å². The fourth-order valence-electron chi connectivity index (χ4n) is 2.81. The Kier molecular flexibility index (Phi) is 3.03. The molecule has 1 aromatic carbocycles. The van der Waals surface area contributed by atoms with Crippen LogP contribution in [-0.2, 0) is 0 Å². The number of ether oxygens (including phenoxy) is 1. The van der Waals surface area contributed by atoms with Gasteiger partial charge in [0, 0.05) is 29.6 Å². The summed E-state index contributed by atoms with van der Waals surface area (Å²) in [4.78, 5) is 14.5. The lowest BCUT2D eigenvalue weighted by atomic mass is 10.1. The van der Waals surface area contributed by atoms with Gasteiger partial charge in [0.2, 0.25) is 0 Å². The Morgan fingerprint density at radius 3 is 3.00 bits per heavy atom. The van der Waals surface area contributed by atoms with E-state index in [-0.39, 0.29) is 5.91 Å². The van der Waals surface area contributed by atoms with E-state index in [0.717, 1.165) is 24.0 Å². The number of amides is 1. The molecule has 0 radical (unpaired) electrons. The Bertz CT molecular complexity index is 492. The Labute approximate surface area is 114 Å². The van der Waals surface area contributed by atoms with Crippen molar-refractivity contribution in [3.63, 3.8) is 0 Å². The average Bonchev–Trinajstić information content (AvgIpc) is 3.00. The molecule has 96 valence electrons. The summed E-state index contributed by atoms with van der Waals surface area (Å²) in [6.45, 7) is 1.72. The van der Waals surface area contributed by atoms with Crippen LogP contribution >= 0.6 is 15.9 Å². The topological polar surface area (TPSA) is 41.6 Å². The maximum atomic E-state index is 12.5. The summed E-state index contributed by atoms with van der Waals surface area (Å²) in [5, 5.41) is 3.40. The Balaban J connectivity index is 1.88. The molecule has 1 aromatic rings. The smallest absolute Gasteiger partial charge is 0.257 e. The van der Waals surface area contributed by atoms with E-state index in [4.69, 9.17) is 4.74 Å². The number of carbonyl (C=O) groups is 1. The first-order valence-electron chi connectivity index (χ1n) is 6.07. The van der Waals surface area contributed by atoms with Crippen molar-refractivity contribution < 1.29 is 9.53 Å². The summed E-state index contributed by atoms with van der Waals surface area (Å²) in [7, 11) is 1.59. The number of rotatable bonds is 2. The molecule has 18 heavy (non-hydrogen) atoms. The van der Waals surface area contributed by atoms with Gasteiger partial charge in [0.05, 0.1) is 12.7 Å². The van der Waals surface area contributed by atoms with Gasteiger partial charge in [-0.2, -0.15) is 0 Å². The van der Waals surface area contributed by atoms with Crippen LogP contribution in [0.4, 0.5) is 0 Å². The van der Waals surface area contributed by atoms with E-state index in [1.807, 2.05) is 23.1 Å². The van der Waals surface area contributed by atoms with Crippen LogP contribution in [0.1, 0.15) is 16.8 Å². The standard InChI is InChI=1S/C13H15BrN2O2/c1-18-12-4-8(14)2-3-11(12)13(17)16-7-9-5-10(16)6-15-9/h2-4,9-10,15H,5-7H2,1H3. The quantitative estimate of drug-likeness (QED) is 0.903. The summed E-state index contributed by atoms with van der Waals surface area (Å²) in [5.74, 6) is 0.707. The largest absolute Gasteiger partial charge is 0.496 e. The molecule has 2 saturated heterocycles. The van der Waals surface area contributed by atoms with Gasteiger partial charge in [0.25, 0.3) is 5.91 Å². The third kappa shape index (κ3) is 1.91. The molecule has 2 aliphatic rings. The lowest BCUT2D eigenvalue weighted by Gasteiger charge is -2.28. The molecule has 1 amide bonds. The molecule has 0 saturated carbocycles. The average molecular weight is 311 g/mol.